The van der Waals surface area contributed by atoms with Crippen molar-refractivity contribution >= 4 is 17.6 Å². The van der Waals surface area contributed by atoms with E-state index in [-0.39, 0.29) is 18.5 Å². The van der Waals surface area contributed by atoms with Crippen LogP contribution in [0.4, 0.5) is 5.69 Å². The topological polar surface area (TPSA) is 64.6 Å². The minimum Gasteiger partial charge on any atom is -0.483 e. The van der Waals surface area contributed by atoms with Crippen molar-refractivity contribution < 1.29 is 19.1 Å². The summed E-state index contributed by atoms with van der Waals surface area (Å²) >= 11 is 0. The summed E-state index contributed by atoms with van der Waals surface area (Å²) in [5, 5.41) is 2.76. The number of aryl methyl sites for hydroxylation is 2. The molecule has 2 aromatic rings. The van der Waals surface area contributed by atoms with Gasteiger partial charge in [0.15, 0.2) is 6.61 Å². The minimum absolute atomic E-state index is 0.101. The van der Waals surface area contributed by atoms with E-state index in [4.69, 9.17) is 9.47 Å². The Balaban J connectivity index is 1.95. The molecule has 0 radical (unpaired) electrons. The van der Waals surface area contributed by atoms with Gasteiger partial charge in [-0.25, -0.2) is 4.79 Å². The average Bonchev–Trinajstić information content (AvgIpc) is 2.65. The molecule has 2 aromatic carbocycles. The van der Waals surface area contributed by atoms with E-state index in [9.17, 15) is 9.59 Å². The highest BCUT2D eigenvalue weighted by atomic mass is 16.5. The van der Waals surface area contributed by atoms with Gasteiger partial charge in [0.05, 0.1) is 12.2 Å². The Morgan fingerprint density at radius 3 is 2.52 bits per heavy atom. The molecule has 1 N–H and O–H groups in total. The lowest BCUT2D eigenvalue weighted by Crippen LogP contribution is -2.21. The van der Waals surface area contributed by atoms with E-state index >= 15 is 0 Å². The third-order valence-corrected chi connectivity index (χ3v) is 4.33. The molecule has 0 atom stereocenters. The summed E-state index contributed by atoms with van der Waals surface area (Å²) in [6.07, 6.45) is 1.79. The smallest absolute Gasteiger partial charge is 0.338 e. The highest BCUT2D eigenvalue weighted by Gasteiger charge is 2.11. The van der Waals surface area contributed by atoms with Gasteiger partial charge in [-0.1, -0.05) is 31.5 Å². The molecule has 0 unspecified atom stereocenters. The summed E-state index contributed by atoms with van der Waals surface area (Å²) in [7, 11) is 0. The number of ether oxygens (including phenoxy) is 2. The molecule has 0 spiro atoms. The van der Waals surface area contributed by atoms with E-state index in [0.29, 0.717) is 17.9 Å². The second-order valence-corrected chi connectivity index (χ2v) is 6.56. The Hall–Kier alpha value is -2.82. The average molecular weight is 369 g/mol. The molecule has 1 amide bonds. The van der Waals surface area contributed by atoms with Gasteiger partial charge >= 0.3 is 5.97 Å². The van der Waals surface area contributed by atoms with Crippen LogP contribution in [0.15, 0.2) is 36.4 Å². The molecule has 0 aliphatic carbocycles. The minimum atomic E-state index is -0.387. The van der Waals surface area contributed by atoms with Crippen molar-refractivity contribution in [3.63, 3.8) is 0 Å². The normalized spacial score (nSPS) is 10.4. The molecule has 5 nitrogen and oxygen atoms in total. The molecule has 0 heterocycles. The predicted molar refractivity (Wildman–Crippen MR) is 106 cm³/mol. The Labute approximate surface area is 160 Å². The summed E-state index contributed by atoms with van der Waals surface area (Å²) in [5.41, 5.74) is 4.08. The van der Waals surface area contributed by atoms with Crippen LogP contribution in [-0.2, 0) is 9.53 Å². The van der Waals surface area contributed by atoms with Crippen LogP contribution in [0.5, 0.6) is 5.75 Å². The van der Waals surface area contributed by atoms with Crippen LogP contribution in [0.1, 0.15) is 46.8 Å². The number of hydrogen-bond donors (Lipinski definition) is 1. The zero-order chi connectivity index (χ0) is 19.8. The van der Waals surface area contributed by atoms with E-state index in [1.165, 1.54) is 0 Å². The SMILES string of the molecule is CCCCOC(=O)c1cccc(NC(=O)COc2c(C)ccc(C)c2C)c1. The standard InChI is InChI=1S/C22H27NO4/c1-5-6-12-26-22(25)18-8-7-9-19(13-18)23-20(24)14-27-21-16(3)11-10-15(2)17(21)4/h7-11,13H,5-6,12,14H2,1-4H3,(H,23,24). The number of benzene rings is 2. The lowest BCUT2D eigenvalue weighted by molar-refractivity contribution is -0.118. The third-order valence-electron chi connectivity index (χ3n) is 4.33. The van der Waals surface area contributed by atoms with Gasteiger partial charge in [-0.05, 0) is 62.1 Å². The van der Waals surface area contributed by atoms with Crippen LogP contribution < -0.4 is 10.1 Å². The maximum atomic E-state index is 12.2. The fraction of sp³-hybridized carbons (Fsp3) is 0.364. The van der Waals surface area contributed by atoms with Crippen LogP contribution in [-0.4, -0.2) is 25.1 Å². The van der Waals surface area contributed by atoms with Crippen molar-refractivity contribution in [1.29, 1.82) is 0 Å². The third kappa shape index (κ3) is 5.84. The summed E-state index contributed by atoms with van der Waals surface area (Å²) in [6.45, 7) is 8.26. The van der Waals surface area contributed by atoms with E-state index in [1.54, 1.807) is 24.3 Å². The maximum absolute atomic E-state index is 12.2. The molecule has 5 heteroatoms. The van der Waals surface area contributed by atoms with E-state index in [0.717, 1.165) is 35.3 Å². The van der Waals surface area contributed by atoms with Gasteiger partial charge in [0.25, 0.3) is 5.91 Å². The fourth-order valence-corrected chi connectivity index (χ4v) is 2.60. The van der Waals surface area contributed by atoms with Crippen LogP contribution in [0.3, 0.4) is 0 Å². The molecular formula is C22H27NO4. The fourth-order valence-electron chi connectivity index (χ4n) is 2.60. The van der Waals surface area contributed by atoms with E-state index in [1.807, 2.05) is 39.8 Å². The first-order valence-corrected chi connectivity index (χ1v) is 9.19. The van der Waals surface area contributed by atoms with Crippen LogP contribution in [0.2, 0.25) is 0 Å². The van der Waals surface area contributed by atoms with Gasteiger partial charge in [-0.2, -0.15) is 0 Å². The molecule has 0 saturated carbocycles. The van der Waals surface area contributed by atoms with Crippen LogP contribution in [0.25, 0.3) is 0 Å². The lowest BCUT2D eigenvalue weighted by atomic mass is 10.1. The number of esters is 1. The molecule has 0 aliphatic heterocycles. The Morgan fingerprint density at radius 2 is 1.78 bits per heavy atom. The number of unbranched alkanes of at least 4 members (excludes halogenated alkanes) is 1. The molecule has 144 valence electrons. The zero-order valence-electron chi connectivity index (χ0n) is 16.4. The molecular weight excluding hydrogens is 342 g/mol. The van der Waals surface area contributed by atoms with Gasteiger partial charge in [0, 0.05) is 5.69 Å². The predicted octanol–water partition coefficient (Wildman–Crippen LogP) is 4.59. The van der Waals surface area contributed by atoms with Crippen molar-refractivity contribution in [3.05, 3.63) is 58.7 Å². The van der Waals surface area contributed by atoms with Gasteiger partial charge in [0.1, 0.15) is 5.75 Å². The first-order valence-electron chi connectivity index (χ1n) is 9.19. The van der Waals surface area contributed by atoms with Crippen LogP contribution >= 0.6 is 0 Å². The number of hydrogen-bond acceptors (Lipinski definition) is 4. The molecule has 27 heavy (non-hydrogen) atoms. The van der Waals surface area contributed by atoms with Gasteiger partial charge in [-0.3, -0.25) is 4.79 Å². The summed E-state index contributed by atoms with van der Waals surface area (Å²) in [6, 6.07) is 10.7. The number of carbonyl (C=O) groups is 2. The van der Waals surface area contributed by atoms with Gasteiger partial charge in [0.2, 0.25) is 0 Å². The molecule has 0 fully saturated rings. The number of rotatable bonds is 8. The van der Waals surface area contributed by atoms with Crippen LogP contribution in [0, 0.1) is 20.8 Å². The maximum Gasteiger partial charge on any atom is 0.338 e. The first kappa shape index (κ1) is 20.5. The van der Waals surface area contributed by atoms with Crippen molar-refractivity contribution in [2.75, 3.05) is 18.5 Å². The van der Waals surface area contributed by atoms with Crippen molar-refractivity contribution in [2.24, 2.45) is 0 Å². The summed E-state index contributed by atoms with van der Waals surface area (Å²) < 4.78 is 10.9. The number of amides is 1. The second-order valence-electron chi connectivity index (χ2n) is 6.56. The highest BCUT2D eigenvalue weighted by molar-refractivity contribution is 5.95. The summed E-state index contributed by atoms with van der Waals surface area (Å²) in [5.74, 6) is 0.0621. The second kappa shape index (κ2) is 9.76. The van der Waals surface area contributed by atoms with E-state index in [2.05, 4.69) is 5.32 Å². The van der Waals surface area contributed by atoms with Crippen molar-refractivity contribution in [3.8, 4) is 5.75 Å². The lowest BCUT2D eigenvalue weighted by Gasteiger charge is -2.14. The molecule has 0 aliphatic rings. The number of nitrogens with one attached hydrogen (secondary N) is 1. The van der Waals surface area contributed by atoms with Crippen molar-refractivity contribution in [2.45, 2.75) is 40.5 Å². The largest absolute Gasteiger partial charge is 0.483 e. The Bertz CT molecular complexity index is 814. The molecule has 0 aromatic heterocycles. The first-order chi connectivity index (χ1) is 12.9. The van der Waals surface area contributed by atoms with Gasteiger partial charge < -0.3 is 14.8 Å². The number of anilines is 1. The molecule has 2 rings (SSSR count). The number of carbonyl (C=O) groups excluding carboxylic acids is 2. The quantitative estimate of drug-likeness (QED) is 0.546. The Morgan fingerprint density at radius 1 is 1.04 bits per heavy atom. The Kier molecular flexibility index (Phi) is 7.41. The van der Waals surface area contributed by atoms with Gasteiger partial charge in [-0.15, -0.1) is 0 Å². The summed E-state index contributed by atoms with van der Waals surface area (Å²) in [4.78, 5) is 24.2. The zero-order valence-corrected chi connectivity index (χ0v) is 16.4. The van der Waals surface area contributed by atoms with Crippen molar-refractivity contribution in [1.82, 2.24) is 0 Å². The monoisotopic (exact) mass is 369 g/mol. The van der Waals surface area contributed by atoms with E-state index < -0.39 is 0 Å². The highest BCUT2D eigenvalue weighted by Crippen LogP contribution is 2.25. The molecule has 0 bridgehead atoms. The molecule has 0 saturated heterocycles.